The van der Waals surface area contributed by atoms with Gasteiger partial charge in [-0.1, -0.05) is 85.5 Å². The standard InChI is InChI=1S/C24H46O5Si/c1-8-10-11-12-13-14-15-16-17-18-19-20(23(27)28-9-2)21(22(25)26)29-30(6,7)24(3,4)5/h8-19H2,1-7H3,(H,25,26). The molecule has 1 N–H and O–H groups in total. The average molecular weight is 443 g/mol. The molecule has 0 saturated carbocycles. The van der Waals surface area contributed by atoms with Gasteiger partial charge in [0.2, 0.25) is 5.76 Å². The van der Waals surface area contributed by atoms with Gasteiger partial charge < -0.3 is 14.3 Å². The summed E-state index contributed by atoms with van der Waals surface area (Å²) in [5, 5.41) is 9.62. The molecule has 5 nitrogen and oxygen atoms in total. The third-order valence-corrected chi connectivity index (χ3v) is 10.3. The predicted molar refractivity (Wildman–Crippen MR) is 126 cm³/mol. The van der Waals surface area contributed by atoms with Crippen molar-refractivity contribution in [1.29, 1.82) is 0 Å². The number of hydrogen-bond acceptors (Lipinski definition) is 4. The average Bonchev–Trinajstić information content (AvgIpc) is 2.64. The van der Waals surface area contributed by atoms with Gasteiger partial charge in [0.1, 0.15) is 0 Å². The maximum Gasteiger partial charge on any atom is 0.370 e. The van der Waals surface area contributed by atoms with E-state index in [1.54, 1.807) is 6.92 Å². The largest absolute Gasteiger partial charge is 0.538 e. The first-order chi connectivity index (χ1) is 14.0. The fraction of sp³-hybridized carbons (Fsp3) is 0.833. The summed E-state index contributed by atoms with van der Waals surface area (Å²) in [6.07, 6.45) is 12.2. The zero-order valence-corrected chi connectivity index (χ0v) is 21.6. The molecule has 176 valence electrons. The topological polar surface area (TPSA) is 72.8 Å². The lowest BCUT2D eigenvalue weighted by atomic mass is 10.0. The van der Waals surface area contributed by atoms with Crippen molar-refractivity contribution >= 4 is 20.3 Å². The number of aliphatic carboxylic acids is 1. The second-order valence-corrected chi connectivity index (χ2v) is 14.4. The first-order valence-corrected chi connectivity index (χ1v) is 14.7. The minimum atomic E-state index is -2.39. The van der Waals surface area contributed by atoms with E-state index in [1.165, 1.54) is 44.9 Å². The second kappa shape index (κ2) is 14.7. The Morgan fingerprint density at radius 2 is 1.30 bits per heavy atom. The van der Waals surface area contributed by atoms with Gasteiger partial charge in [0.25, 0.3) is 8.32 Å². The van der Waals surface area contributed by atoms with Crippen LogP contribution in [0.4, 0.5) is 0 Å². The number of carboxylic acids is 1. The molecular weight excluding hydrogens is 396 g/mol. The summed E-state index contributed by atoms with van der Waals surface area (Å²) < 4.78 is 11.2. The van der Waals surface area contributed by atoms with Crippen LogP contribution in [0.3, 0.4) is 0 Å². The Balaban J connectivity index is 4.95. The molecule has 0 fully saturated rings. The highest BCUT2D eigenvalue weighted by atomic mass is 28.4. The molecule has 0 amide bonds. The summed E-state index contributed by atoms with van der Waals surface area (Å²) in [6.45, 7) is 14.3. The Bertz CT molecular complexity index is 546. The van der Waals surface area contributed by atoms with E-state index in [-0.39, 0.29) is 23.0 Å². The second-order valence-electron chi connectivity index (χ2n) is 9.63. The molecule has 0 aliphatic heterocycles. The van der Waals surface area contributed by atoms with Crippen LogP contribution in [0.2, 0.25) is 18.1 Å². The van der Waals surface area contributed by atoms with E-state index < -0.39 is 20.3 Å². The Labute approximate surface area is 185 Å². The van der Waals surface area contributed by atoms with E-state index in [1.807, 2.05) is 33.9 Å². The van der Waals surface area contributed by atoms with Crippen molar-refractivity contribution in [3.63, 3.8) is 0 Å². The number of esters is 1. The Morgan fingerprint density at radius 1 is 0.833 bits per heavy atom. The lowest BCUT2D eigenvalue weighted by Gasteiger charge is -2.36. The molecule has 6 heteroatoms. The minimum absolute atomic E-state index is 0.162. The fourth-order valence-corrected chi connectivity index (χ4v) is 3.99. The van der Waals surface area contributed by atoms with Crippen LogP contribution in [0.25, 0.3) is 0 Å². The molecule has 0 saturated heterocycles. The number of rotatable bonds is 16. The maximum absolute atomic E-state index is 12.5. The molecule has 0 unspecified atom stereocenters. The fourth-order valence-electron chi connectivity index (χ4n) is 2.96. The number of carbonyl (C=O) groups excluding carboxylic acids is 1. The van der Waals surface area contributed by atoms with Crippen LogP contribution in [-0.2, 0) is 18.8 Å². The van der Waals surface area contributed by atoms with Crippen LogP contribution in [0.5, 0.6) is 0 Å². The lowest BCUT2D eigenvalue weighted by molar-refractivity contribution is -0.141. The number of ether oxygens (including phenoxy) is 1. The normalized spacial score (nSPS) is 13.0. The molecule has 0 radical (unpaired) electrons. The smallest absolute Gasteiger partial charge is 0.370 e. The van der Waals surface area contributed by atoms with Crippen LogP contribution >= 0.6 is 0 Å². The van der Waals surface area contributed by atoms with Crippen LogP contribution in [0.1, 0.15) is 105 Å². The highest BCUT2D eigenvalue weighted by molar-refractivity contribution is 6.74. The molecule has 0 rings (SSSR count). The Hall–Kier alpha value is -1.30. The summed E-state index contributed by atoms with van der Waals surface area (Å²) in [6, 6.07) is 0. The first-order valence-electron chi connectivity index (χ1n) is 11.8. The van der Waals surface area contributed by atoms with E-state index in [0.29, 0.717) is 6.42 Å². The molecule has 0 atom stereocenters. The van der Waals surface area contributed by atoms with Gasteiger partial charge in [-0.15, -0.1) is 0 Å². The quantitative estimate of drug-likeness (QED) is 0.0897. The third-order valence-electron chi connectivity index (χ3n) is 5.93. The number of unbranched alkanes of at least 4 members (excludes halogenated alkanes) is 9. The first kappa shape index (κ1) is 28.7. The van der Waals surface area contributed by atoms with Gasteiger partial charge in [-0.05, 0) is 37.9 Å². The molecule has 0 bridgehead atoms. The van der Waals surface area contributed by atoms with Gasteiger partial charge in [-0.2, -0.15) is 0 Å². The summed E-state index contributed by atoms with van der Waals surface area (Å²) in [4.78, 5) is 24.5. The van der Waals surface area contributed by atoms with Crippen molar-refractivity contribution < 1.29 is 23.9 Å². The highest BCUT2D eigenvalue weighted by Gasteiger charge is 2.41. The van der Waals surface area contributed by atoms with E-state index in [9.17, 15) is 14.7 Å². The van der Waals surface area contributed by atoms with Gasteiger partial charge in [0, 0.05) is 0 Å². The van der Waals surface area contributed by atoms with E-state index in [4.69, 9.17) is 9.16 Å². The molecule has 0 heterocycles. The van der Waals surface area contributed by atoms with E-state index in [0.717, 1.165) is 19.3 Å². The summed E-state index contributed by atoms with van der Waals surface area (Å²) in [7, 11) is -2.39. The highest BCUT2D eigenvalue weighted by Crippen LogP contribution is 2.38. The van der Waals surface area contributed by atoms with Crippen LogP contribution in [-0.4, -0.2) is 32.0 Å². The molecule has 30 heavy (non-hydrogen) atoms. The molecule has 0 aliphatic rings. The van der Waals surface area contributed by atoms with Gasteiger partial charge in [-0.25, -0.2) is 9.59 Å². The molecule has 0 aliphatic carbocycles. The van der Waals surface area contributed by atoms with Crippen molar-refractivity contribution in [2.45, 2.75) is 123 Å². The van der Waals surface area contributed by atoms with Crippen LogP contribution in [0, 0.1) is 0 Å². The minimum Gasteiger partial charge on any atom is -0.538 e. The van der Waals surface area contributed by atoms with Gasteiger partial charge in [0.15, 0.2) is 0 Å². The van der Waals surface area contributed by atoms with Crippen molar-refractivity contribution in [2.24, 2.45) is 0 Å². The van der Waals surface area contributed by atoms with Crippen molar-refractivity contribution in [3.05, 3.63) is 11.3 Å². The molecule has 0 spiro atoms. The van der Waals surface area contributed by atoms with Crippen molar-refractivity contribution in [2.75, 3.05) is 6.61 Å². The monoisotopic (exact) mass is 442 g/mol. The molecular formula is C24H46O5Si. The Kier molecular flexibility index (Phi) is 14.0. The Morgan fingerprint density at radius 3 is 1.70 bits per heavy atom. The van der Waals surface area contributed by atoms with E-state index >= 15 is 0 Å². The summed E-state index contributed by atoms with van der Waals surface area (Å²) in [5.74, 6) is -1.96. The van der Waals surface area contributed by atoms with Gasteiger partial charge >= 0.3 is 11.9 Å². The maximum atomic E-state index is 12.5. The zero-order chi connectivity index (χ0) is 23.2. The van der Waals surface area contributed by atoms with Gasteiger partial charge in [0.05, 0.1) is 12.2 Å². The number of carboxylic acid groups (broad SMARTS) is 1. The summed E-state index contributed by atoms with van der Waals surface area (Å²) in [5.41, 5.74) is 0.175. The number of carbonyl (C=O) groups is 2. The van der Waals surface area contributed by atoms with Crippen molar-refractivity contribution in [1.82, 2.24) is 0 Å². The van der Waals surface area contributed by atoms with Crippen molar-refractivity contribution in [3.8, 4) is 0 Å². The van der Waals surface area contributed by atoms with Crippen LogP contribution < -0.4 is 0 Å². The molecule has 0 aromatic rings. The number of hydrogen-bond donors (Lipinski definition) is 1. The molecule has 0 aromatic heterocycles. The lowest BCUT2D eigenvalue weighted by Crippen LogP contribution is -2.42. The molecule has 0 aromatic carbocycles. The summed E-state index contributed by atoms with van der Waals surface area (Å²) >= 11 is 0. The SMILES string of the molecule is CCCCCCCCCCCCC(C(=O)OCC)=C(O[Si](C)(C)C(C)(C)C)C(=O)O. The zero-order valence-electron chi connectivity index (χ0n) is 20.6. The van der Waals surface area contributed by atoms with Gasteiger partial charge in [-0.3, -0.25) is 0 Å². The van der Waals surface area contributed by atoms with Crippen LogP contribution in [0.15, 0.2) is 11.3 Å². The third kappa shape index (κ3) is 11.2. The van der Waals surface area contributed by atoms with E-state index in [2.05, 4.69) is 6.92 Å². The predicted octanol–water partition coefficient (Wildman–Crippen LogP) is 7.22.